The van der Waals surface area contributed by atoms with Gasteiger partial charge in [0.15, 0.2) is 5.13 Å². The number of aromatic nitrogens is 1. The molecule has 0 aliphatic rings. The first-order chi connectivity index (χ1) is 13.2. The zero-order chi connectivity index (χ0) is 19.2. The largest absolute Gasteiger partial charge is 0.274 e. The molecule has 5 heteroatoms. The van der Waals surface area contributed by atoms with Crippen molar-refractivity contribution in [1.82, 2.24) is 4.98 Å². The molecule has 0 radical (unpaired) electrons. The van der Waals surface area contributed by atoms with Gasteiger partial charge in [-0.1, -0.05) is 62.7 Å². The second-order valence-electron chi connectivity index (χ2n) is 6.31. The Bertz CT molecular complexity index is 908. The van der Waals surface area contributed by atoms with E-state index >= 15 is 0 Å². The minimum atomic E-state index is 0.0702. The lowest BCUT2D eigenvalue weighted by atomic mass is 10.1. The van der Waals surface area contributed by atoms with Crippen LogP contribution in [0.2, 0.25) is 0 Å². The van der Waals surface area contributed by atoms with Crippen LogP contribution in [-0.4, -0.2) is 10.9 Å². The van der Waals surface area contributed by atoms with Crippen LogP contribution in [0.5, 0.6) is 0 Å². The Kier molecular flexibility index (Phi) is 6.80. The number of anilines is 2. The van der Waals surface area contributed by atoms with Crippen LogP contribution in [0, 0.1) is 0 Å². The number of thiazole rings is 1. The van der Waals surface area contributed by atoms with E-state index in [1.807, 2.05) is 49.4 Å². The number of rotatable bonds is 7. The molecule has 0 N–H and O–H groups in total. The zero-order valence-corrected chi connectivity index (χ0v) is 18.0. The number of hydrogen-bond donors (Lipinski definition) is 0. The van der Waals surface area contributed by atoms with E-state index in [-0.39, 0.29) is 5.91 Å². The summed E-state index contributed by atoms with van der Waals surface area (Å²) in [5.41, 5.74) is 2.92. The number of amides is 1. The molecule has 0 saturated carbocycles. The van der Waals surface area contributed by atoms with Gasteiger partial charge in [-0.15, -0.1) is 11.3 Å². The molecule has 27 heavy (non-hydrogen) atoms. The molecule has 3 rings (SSSR count). The van der Waals surface area contributed by atoms with Crippen molar-refractivity contribution in [1.29, 1.82) is 0 Å². The highest BCUT2D eigenvalue weighted by molar-refractivity contribution is 9.10. The van der Waals surface area contributed by atoms with E-state index in [9.17, 15) is 4.79 Å². The highest BCUT2D eigenvalue weighted by Crippen LogP contribution is 2.39. The second-order valence-corrected chi connectivity index (χ2v) is 8.23. The van der Waals surface area contributed by atoms with Crippen LogP contribution >= 0.6 is 27.3 Å². The Hall–Kier alpha value is -1.98. The SMILES string of the molecule is CCCC(=O)N(c1nc(-c2ccccc2)c(CCC)s1)c1ccccc1Br. The van der Waals surface area contributed by atoms with E-state index in [2.05, 4.69) is 35.0 Å². The maximum absolute atomic E-state index is 13.0. The van der Waals surface area contributed by atoms with Crippen molar-refractivity contribution in [2.24, 2.45) is 0 Å². The summed E-state index contributed by atoms with van der Waals surface area (Å²) in [6.45, 7) is 4.19. The number of nitrogens with zero attached hydrogens (tertiary/aromatic N) is 2. The lowest BCUT2D eigenvalue weighted by Gasteiger charge is -2.21. The van der Waals surface area contributed by atoms with Crippen LogP contribution in [0.15, 0.2) is 59.1 Å². The van der Waals surface area contributed by atoms with Crippen molar-refractivity contribution in [3.05, 3.63) is 63.9 Å². The summed E-state index contributed by atoms with van der Waals surface area (Å²) < 4.78 is 0.892. The number of carbonyl (C=O) groups excluding carboxylic acids is 1. The number of para-hydroxylation sites is 1. The van der Waals surface area contributed by atoms with Crippen LogP contribution in [0.1, 0.15) is 38.0 Å². The average Bonchev–Trinajstić information content (AvgIpc) is 3.08. The lowest BCUT2D eigenvalue weighted by molar-refractivity contribution is -0.117. The van der Waals surface area contributed by atoms with Gasteiger partial charge in [0, 0.05) is 21.3 Å². The molecule has 0 unspecified atom stereocenters. The summed E-state index contributed by atoms with van der Waals surface area (Å²) in [5.74, 6) is 0.0702. The molecule has 0 aliphatic carbocycles. The summed E-state index contributed by atoms with van der Waals surface area (Å²) in [5, 5.41) is 0.739. The highest BCUT2D eigenvalue weighted by atomic mass is 79.9. The Balaban J connectivity index is 2.12. The average molecular weight is 443 g/mol. The highest BCUT2D eigenvalue weighted by Gasteiger charge is 2.24. The van der Waals surface area contributed by atoms with Gasteiger partial charge in [0.05, 0.1) is 11.4 Å². The smallest absolute Gasteiger partial charge is 0.233 e. The minimum Gasteiger partial charge on any atom is -0.274 e. The monoisotopic (exact) mass is 442 g/mol. The normalized spacial score (nSPS) is 10.8. The molecule has 140 valence electrons. The third-order valence-corrected chi connectivity index (χ3v) is 5.98. The molecule has 0 aliphatic heterocycles. The molecule has 0 fully saturated rings. The van der Waals surface area contributed by atoms with Gasteiger partial charge in [-0.25, -0.2) is 4.98 Å². The van der Waals surface area contributed by atoms with Crippen molar-refractivity contribution in [3.8, 4) is 11.3 Å². The first kappa shape index (κ1) is 19.8. The summed E-state index contributed by atoms with van der Waals surface area (Å²) >= 11 is 5.22. The summed E-state index contributed by atoms with van der Waals surface area (Å²) in [6, 6.07) is 18.0. The van der Waals surface area contributed by atoms with Crippen LogP contribution < -0.4 is 4.90 Å². The third kappa shape index (κ3) is 4.47. The maximum atomic E-state index is 13.0. The third-order valence-electron chi connectivity index (χ3n) is 4.21. The molecule has 0 spiro atoms. The number of hydrogen-bond acceptors (Lipinski definition) is 3. The first-order valence-corrected chi connectivity index (χ1v) is 10.9. The fourth-order valence-electron chi connectivity index (χ4n) is 2.96. The van der Waals surface area contributed by atoms with Crippen molar-refractivity contribution in [2.45, 2.75) is 39.5 Å². The molecule has 1 heterocycles. The van der Waals surface area contributed by atoms with E-state index in [1.54, 1.807) is 16.2 Å². The summed E-state index contributed by atoms with van der Waals surface area (Å²) in [4.78, 5) is 20.9. The van der Waals surface area contributed by atoms with Gasteiger partial charge in [0.2, 0.25) is 5.91 Å². The van der Waals surface area contributed by atoms with Gasteiger partial charge in [-0.2, -0.15) is 0 Å². The molecule has 3 nitrogen and oxygen atoms in total. The van der Waals surface area contributed by atoms with Crippen molar-refractivity contribution < 1.29 is 4.79 Å². The predicted octanol–water partition coefficient (Wildman–Crippen LogP) is 6.99. The van der Waals surface area contributed by atoms with Gasteiger partial charge in [-0.05, 0) is 40.9 Å². The number of carbonyl (C=O) groups is 1. The summed E-state index contributed by atoms with van der Waals surface area (Å²) in [7, 11) is 0. The number of benzene rings is 2. The van der Waals surface area contributed by atoms with Crippen molar-refractivity contribution >= 4 is 44.0 Å². The molecular formula is C22H23BrN2OS. The quantitative estimate of drug-likeness (QED) is 0.394. The van der Waals surface area contributed by atoms with Gasteiger partial charge < -0.3 is 0 Å². The van der Waals surface area contributed by atoms with Gasteiger partial charge in [0.1, 0.15) is 0 Å². The molecule has 0 saturated heterocycles. The standard InChI is InChI=1S/C22H23BrN2OS/c1-3-10-19-21(16-12-6-5-7-13-16)24-22(27-19)25(20(26)11-4-2)18-15-9-8-14-17(18)23/h5-9,12-15H,3-4,10-11H2,1-2H3. The van der Waals surface area contributed by atoms with E-state index < -0.39 is 0 Å². The van der Waals surface area contributed by atoms with Gasteiger partial charge >= 0.3 is 0 Å². The van der Waals surface area contributed by atoms with Crippen LogP contribution in [-0.2, 0) is 11.2 Å². The maximum Gasteiger partial charge on any atom is 0.233 e. The zero-order valence-electron chi connectivity index (χ0n) is 15.6. The van der Waals surface area contributed by atoms with E-state index in [0.29, 0.717) is 6.42 Å². The van der Waals surface area contributed by atoms with E-state index in [0.717, 1.165) is 45.8 Å². The van der Waals surface area contributed by atoms with Crippen molar-refractivity contribution in [2.75, 3.05) is 4.90 Å². The lowest BCUT2D eigenvalue weighted by Crippen LogP contribution is -2.25. The molecule has 0 atom stereocenters. The Morgan fingerprint density at radius 3 is 2.41 bits per heavy atom. The van der Waals surface area contributed by atoms with Crippen molar-refractivity contribution in [3.63, 3.8) is 0 Å². The molecule has 0 bridgehead atoms. The van der Waals surface area contributed by atoms with Crippen LogP contribution in [0.25, 0.3) is 11.3 Å². The van der Waals surface area contributed by atoms with Gasteiger partial charge in [-0.3, -0.25) is 9.69 Å². The van der Waals surface area contributed by atoms with Crippen LogP contribution in [0.4, 0.5) is 10.8 Å². The fraction of sp³-hybridized carbons (Fsp3) is 0.273. The Labute approximate surface area is 173 Å². The topological polar surface area (TPSA) is 33.2 Å². The summed E-state index contributed by atoms with van der Waals surface area (Å²) in [6.07, 6.45) is 3.29. The first-order valence-electron chi connectivity index (χ1n) is 9.28. The van der Waals surface area contributed by atoms with E-state index in [1.165, 1.54) is 4.88 Å². The molecule has 1 amide bonds. The second kappa shape index (κ2) is 9.29. The molecular weight excluding hydrogens is 420 g/mol. The Morgan fingerprint density at radius 1 is 1.04 bits per heavy atom. The fourth-order valence-corrected chi connectivity index (χ4v) is 4.63. The molecule has 2 aromatic carbocycles. The molecule has 3 aromatic rings. The van der Waals surface area contributed by atoms with Crippen LogP contribution in [0.3, 0.4) is 0 Å². The minimum absolute atomic E-state index is 0.0702. The van der Waals surface area contributed by atoms with Gasteiger partial charge in [0.25, 0.3) is 0 Å². The number of aryl methyl sites for hydroxylation is 1. The van der Waals surface area contributed by atoms with E-state index in [4.69, 9.17) is 4.98 Å². The predicted molar refractivity (Wildman–Crippen MR) is 118 cm³/mol. The number of halogens is 1. The molecule has 1 aromatic heterocycles. The Morgan fingerprint density at radius 2 is 1.74 bits per heavy atom.